The van der Waals surface area contributed by atoms with E-state index in [0.717, 1.165) is 12.2 Å². The summed E-state index contributed by atoms with van der Waals surface area (Å²) in [6.45, 7) is 13.4. The third kappa shape index (κ3) is 2.84. The quantitative estimate of drug-likeness (QED) is 0.676. The molecule has 0 bridgehead atoms. The molecule has 1 nitrogen and oxygen atoms in total. The maximum Gasteiger partial charge on any atom is 0.123 e. The van der Waals surface area contributed by atoms with Crippen LogP contribution in [-0.2, 0) is 5.41 Å². The Morgan fingerprint density at radius 1 is 1.26 bits per heavy atom. The summed E-state index contributed by atoms with van der Waals surface area (Å²) in [6.07, 6.45) is 1.39. The molecule has 19 heavy (non-hydrogen) atoms. The summed E-state index contributed by atoms with van der Waals surface area (Å²) in [5.41, 5.74) is 2.88. The number of hydrogen-bond donors (Lipinski definition) is 0. The van der Waals surface area contributed by atoms with Gasteiger partial charge in [0.1, 0.15) is 11.9 Å². The number of aryl methyl sites for hydroxylation is 1. The Morgan fingerprint density at radius 2 is 1.89 bits per heavy atom. The van der Waals surface area contributed by atoms with Crippen LogP contribution >= 0.6 is 15.9 Å². The van der Waals surface area contributed by atoms with Crippen molar-refractivity contribution in [2.24, 2.45) is 5.41 Å². The molecule has 1 saturated carbocycles. The fourth-order valence-electron chi connectivity index (χ4n) is 2.54. The average molecular weight is 325 g/mol. The molecule has 0 spiro atoms. The van der Waals surface area contributed by atoms with E-state index in [1.54, 1.807) is 0 Å². The number of benzene rings is 1. The minimum Gasteiger partial charge on any atom is -0.489 e. The summed E-state index contributed by atoms with van der Waals surface area (Å²) in [6, 6.07) is 6.56. The molecule has 0 aliphatic heterocycles. The highest BCUT2D eigenvalue weighted by Crippen LogP contribution is 2.48. The van der Waals surface area contributed by atoms with Gasteiger partial charge in [0.05, 0.1) is 0 Å². The Bertz CT molecular complexity index is 471. The smallest absolute Gasteiger partial charge is 0.123 e. The molecule has 0 aromatic heterocycles. The molecule has 0 saturated heterocycles. The van der Waals surface area contributed by atoms with Gasteiger partial charge in [-0.3, -0.25) is 0 Å². The van der Waals surface area contributed by atoms with Gasteiger partial charge >= 0.3 is 0 Å². The fourth-order valence-corrected chi connectivity index (χ4v) is 3.17. The summed E-state index contributed by atoms with van der Waals surface area (Å²) in [5.74, 6) is 1.06. The molecule has 0 radical (unpaired) electrons. The molecule has 1 fully saturated rings. The predicted octanol–water partition coefficient (Wildman–Crippen LogP) is 5.23. The Morgan fingerprint density at radius 3 is 2.37 bits per heavy atom. The number of alkyl halides is 1. The number of halogens is 1. The van der Waals surface area contributed by atoms with Crippen LogP contribution in [0.1, 0.15) is 52.2 Å². The zero-order valence-electron chi connectivity index (χ0n) is 12.9. The molecule has 2 heteroatoms. The molecular formula is C17H25BrO. The molecule has 1 aliphatic rings. The van der Waals surface area contributed by atoms with Crippen molar-refractivity contribution in [3.63, 3.8) is 0 Å². The van der Waals surface area contributed by atoms with Gasteiger partial charge in [0.15, 0.2) is 0 Å². The van der Waals surface area contributed by atoms with Crippen molar-refractivity contribution in [1.29, 1.82) is 0 Å². The van der Waals surface area contributed by atoms with E-state index < -0.39 is 0 Å². The monoisotopic (exact) mass is 324 g/mol. The summed E-state index contributed by atoms with van der Waals surface area (Å²) in [4.78, 5) is 0.563. The van der Waals surface area contributed by atoms with E-state index in [1.165, 1.54) is 11.1 Å². The lowest BCUT2D eigenvalue weighted by Crippen LogP contribution is -2.53. The first-order chi connectivity index (χ1) is 8.62. The lowest BCUT2D eigenvalue weighted by Gasteiger charge is -2.49. The second kappa shape index (κ2) is 4.80. The van der Waals surface area contributed by atoms with Gasteiger partial charge in [-0.1, -0.05) is 62.7 Å². The number of rotatable bonds is 2. The minimum atomic E-state index is 0.116. The summed E-state index contributed by atoms with van der Waals surface area (Å²) < 4.78 is 6.34. The molecule has 1 aromatic carbocycles. The van der Waals surface area contributed by atoms with Crippen LogP contribution < -0.4 is 4.74 Å². The normalized spacial score (nSPS) is 25.8. The van der Waals surface area contributed by atoms with Crippen LogP contribution in [0.2, 0.25) is 0 Å². The largest absolute Gasteiger partial charge is 0.489 e. The van der Waals surface area contributed by atoms with Gasteiger partial charge in [-0.05, 0) is 36.0 Å². The van der Waals surface area contributed by atoms with Crippen LogP contribution in [0, 0.1) is 12.3 Å². The standard InChI is InChI=1S/C17H25BrO/c1-11-7-8-12(16(2,3)4)13(9-11)19-15-10-14(18)17(15,5)6/h7-9,14-15H,10H2,1-6H3. The van der Waals surface area contributed by atoms with E-state index in [-0.39, 0.29) is 10.8 Å². The molecule has 2 atom stereocenters. The van der Waals surface area contributed by atoms with Gasteiger partial charge in [0, 0.05) is 10.2 Å². The molecule has 2 unspecified atom stereocenters. The second-order valence-electron chi connectivity index (χ2n) is 7.38. The molecule has 0 amide bonds. The van der Waals surface area contributed by atoms with Crippen LogP contribution in [0.5, 0.6) is 5.75 Å². The SMILES string of the molecule is Cc1ccc(C(C)(C)C)c(OC2CC(Br)C2(C)C)c1. The third-order valence-electron chi connectivity index (χ3n) is 4.27. The van der Waals surface area contributed by atoms with Gasteiger partial charge in [0.2, 0.25) is 0 Å². The molecule has 106 valence electrons. The Labute approximate surface area is 125 Å². The first-order valence-corrected chi connectivity index (χ1v) is 7.96. The average Bonchev–Trinajstić information content (AvgIpc) is 2.27. The van der Waals surface area contributed by atoms with E-state index >= 15 is 0 Å². The van der Waals surface area contributed by atoms with Crippen LogP contribution in [-0.4, -0.2) is 10.9 Å². The van der Waals surface area contributed by atoms with E-state index in [2.05, 4.69) is 75.7 Å². The van der Waals surface area contributed by atoms with Gasteiger partial charge in [0.25, 0.3) is 0 Å². The highest BCUT2D eigenvalue weighted by molar-refractivity contribution is 9.09. The molecule has 0 N–H and O–H groups in total. The van der Waals surface area contributed by atoms with E-state index in [1.807, 2.05) is 0 Å². The summed E-state index contributed by atoms with van der Waals surface area (Å²) in [5, 5.41) is 0. The summed E-state index contributed by atoms with van der Waals surface area (Å²) in [7, 11) is 0. The van der Waals surface area contributed by atoms with Gasteiger partial charge in [-0.2, -0.15) is 0 Å². The third-order valence-corrected chi connectivity index (χ3v) is 5.83. The first kappa shape index (κ1) is 14.9. The Hall–Kier alpha value is -0.500. The van der Waals surface area contributed by atoms with Crippen molar-refractivity contribution in [2.75, 3.05) is 0 Å². The topological polar surface area (TPSA) is 9.23 Å². The zero-order chi connectivity index (χ0) is 14.4. The zero-order valence-corrected chi connectivity index (χ0v) is 14.5. The van der Waals surface area contributed by atoms with Crippen molar-refractivity contribution in [3.8, 4) is 5.75 Å². The van der Waals surface area contributed by atoms with Crippen LogP contribution in [0.3, 0.4) is 0 Å². The van der Waals surface area contributed by atoms with Gasteiger partial charge < -0.3 is 4.74 Å². The van der Waals surface area contributed by atoms with Crippen LogP contribution in [0.25, 0.3) is 0 Å². The van der Waals surface area contributed by atoms with Crippen molar-refractivity contribution in [3.05, 3.63) is 29.3 Å². The lowest BCUT2D eigenvalue weighted by molar-refractivity contribution is -0.00892. The molecular weight excluding hydrogens is 300 g/mol. The van der Waals surface area contributed by atoms with E-state index in [9.17, 15) is 0 Å². The predicted molar refractivity (Wildman–Crippen MR) is 85.4 cm³/mol. The number of ether oxygens (including phenoxy) is 1. The second-order valence-corrected chi connectivity index (χ2v) is 8.49. The maximum atomic E-state index is 6.34. The molecule has 1 aliphatic carbocycles. The van der Waals surface area contributed by atoms with Crippen LogP contribution in [0.4, 0.5) is 0 Å². The molecule has 1 aromatic rings. The van der Waals surface area contributed by atoms with Gasteiger partial charge in [-0.25, -0.2) is 0 Å². The molecule has 0 heterocycles. The highest BCUT2D eigenvalue weighted by Gasteiger charge is 2.48. The van der Waals surface area contributed by atoms with Crippen molar-refractivity contribution < 1.29 is 4.74 Å². The van der Waals surface area contributed by atoms with E-state index in [4.69, 9.17) is 4.74 Å². The van der Waals surface area contributed by atoms with Crippen molar-refractivity contribution in [1.82, 2.24) is 0 Å². The summed E-state index contributed by atoms with van der Waals surface area (Å²) >= 11 is 3.73. The fraction of sp³-hybridized carbons (Fsp3) is 0.647. The van der Waals surface area contributed by atoms with E-state index in [0.29, 0.717) is 10.9 Å². The highest BCUT2D eigenvalue weighted by atomic mass is 79.9. The Kier molecular flexibility index (Phi) is 3.77. The minimum absolute atomic E-state index is 0.116. The molecule has 2 rings (SSSR count). The first-order valence-electron chi connectivity index (χ1n) is 7.04. The Balaban J connectivity index is 2.28. The van der Waals surface area contributed by atoms with Crippen LogP contribution in [0.15, 0.2) is 18.2 Å². The maximum absolute atomic E-state index is 6.34. The lowest BCUT2D eigenvalue weighted by atomic mass is 9.69. The van der Waals surface area contributed by atoms with Crippen molar-refractivity contribution >= 4 is 15.9 Å². The number of hydrogen-bond acceptors (Lipinski definition) is 1. The van der Waals surface area contributed by atoms with Crippen molar-refractivity contribution in [2.45, 2.75) is 64.3 Å². The van der Waals surface area contributed by atoms with Gasteiger partial charge in [-0.15, -0.1) is 0 Å².